The lowest BCUT2D eigenvalue weighted by molar-refractivity contribution is 0.0924. The number of carbonyl (C=O) groups excluding carboxylic acids is 1. The maximum absolute atomic E-state index is 12.5. The SMILES string of the molecule is Cc1nc(C(=O)N[C@H](C)c2ccco2)nc(NCCc2cn[nH]c2)c1C. The molecule has 3 aromatic heterocycles. The molecule has 0 saturated carbocycles. The number of aromatic amines is 1. The van der Waals surface area contributed by atoms with Gasteiger partial charge >= 0.3 is 0 Å². The Morgan fingerprint density at radius 3 is 2.88 bits per heavy atom. The minimum Gasteiger partial charge on any atom is -0.467 e. The molecule has 3 heterocycles. The van der Waals surface area contributed by atoms with E-state index in [1.807, 2.05) is 33.0 Å². The molecule has 0 aliphatic heterocycles. The third-order valence-corrected chi connectivity index (χ3v) is 4.17. The molecule has 0 bridgehead atoms. The number of anilines is 1. The Morgan fingerprint density at radius 2 is 2.19 bits per heavy atom. The monoisotopic (exact) mass is 354 g/mol. The van der Waals surface area contributed by atoms with Gasteiger partial charge in [0.25, 0.3) is 5.91 Å². The number of rotatable bonds is 7. The molecule has 3 aromatic rings. The number of hydrogen-bond acceptors (Lipinski definition) is 6. The summed E-state index contributed by atoms with van der Waals surface area (Å²) in [4.78, 5) is 21.2. The highest BCUT2D eigenvalue weighted by Crippen LogP contribution is 2.17. The van der Waals surface area contributed by atoms with Crippen molar-refractivity contribution < 1.29 is 9.21 Å². The van der Waals surface area contributed by atoms with Gasteiger partial charge in [0.1, 0.15) is 11.6 Å². The quantitative estimate of drug-likeness (QED) is 0.602. The van der Waals surface area contributed by atoms with Crippen LogP contribution < -0.4 is 10.6 Å². The van der Waals surface area contributed by atoms with Gasteiger partial charge in [-0.1, -0.05) is 0 Å². The van der Waals surface area contributed by atoms with Gasteiger partial charge in [0, 0.05) is 24.0 Å². The maximum atomic E-state index is 12.5. The summed E-state index contributed by atoms with van der Waals surface area (Å²) in [5, 5.41) is 12.8. The number of H-pyrrole nitrogens is 1. The Labute approximate surface area is 151 Å². The minimum atomic E-state index is -0.338. The first-order valence-electron chi connectivity index (χ1n) is 8.45. The van der Waals surface area contributed by atoms with E-state index in [1.165, 1.54) is 0 Å². The van der Waals surface area contributed by atoms with Crippen LogP contribution in [0.3, 0.4) is 0 Å². The molecular weight excluding hydrogens is 332 g/mol. The summed E-state index contributed by atoms with van der Waals surface area (Å²) < 4.78 is 5.31. The zero-order valence-corrected chi connectivity index (χ0v) is 15.0. The molecule has 0 spiro atoms. The van der Waals surface area contributed by atoms with Crippen LogP contribution in [-0.4, -0.2) is 32.6 Å². The zero-order chi connectivity index (χ0) is 18.5. The van der Waals surface area contributed by atoms with Gasteiger partial charge in [0.15, 0.2) is 0 Å². The van der Waals surface area contributed by atoms with Crippen molar-refractivity contribution in [2.75, 3.05) is 11.9 Å². The molecule has 0 saturated heterocycles. The van der Waals surface area contributed by atoms with Crippen molar-refractivity contribution in [3.8, 4) is 0 Å². The smallest absolute Gasteiger partial charge is 0.289 e. The molecule has 0 unspecified atom stereocenters. The number of hydrogen-bond donors (Lipinski definition) is 3. The molecule has 0 aliphatic carbocycles. The molecule has 3 rings (SSSR count). The molecule has 136 valence electrons. The molecule has 0 aliphatic rings. The fraction of sp³-hybridized carbons (Fsp3) is 0.333. The highest BCUT2D eigenvalue weighted by atomic mass is 16.3. The van der Waals surface area contributed by atoms with Crippen molar-refractivity contribution in [3.05, 3.63) is 59.2 Å². The number of aryl methyl sites for hydroxylation is 1. The molecule has 1 atom stereocenters. The van der Waals surface area contributed by atoms with E-state index in [0.717, 1.165) is 23.2 Å². The molecular formula is C18H22N6O2. The maximum Gasteiger partial charge on any atom is 0.289 e. The number of nitrogens with zero attached hydrogens (tertiary/aromatic N) is 3. The normalized spacial score (nSPS) is 12.0. The van der Waals surface area contributed by atoms with Gasteiger partial charge in [-0.05, 0) is 44.9 Å². The summed E-state index contributed by atoms with van der Waals surface area (Å²) in [6, 6.07) is 3.34. The Hall–Kier alpha value is -3.16. The van der Waals surface area contributed by atoms with Gasteiger partial charge < -0.3 is 15.1 Å². The Morgan fingerprint density at radius 1 is 1.35 bits per heavy atom. The predicted octanol–water partition coefficient (Wildman–Crippen LogP) is 2.56. The lowest BCUT2D eigenvalue weighted by atomic mass is 10.2. The largest absolute Gasteiger partial charge is 0.467 e. The van der Waals surface area contributed by atoms with Crippen molar-refractivity contribution in [2.24, 2.45) is 0 Å². The van der Waals surface area contributed by atoms with Crippen molar-refractivity contribution in [3.63, 3.8) is 0 Å². The van der Waals surface area contributed by atoms with Gasteiger partial charge in [-0.15, -0.1) is 0 Å². The summed E-state index contributed by atoms with van der Waals surface area (Å²) in [5.41, 5.74) is 2.79. The van der Waals surface area contributed by atoms with Crippen molar-refractivity contribution in [1.82, 2.24) is 25.5 Å². The molecule has 8 heteroatoms. The lowest BCUT2D eigenvalue weighted by Crippen LogP contribution is -2.29. The summed E-state index contributed by atoms with van der Waals surface area (Å²) >= 11 is 0. The van der Waals surface area contributed by atoms with E-state index < -0.39 is 0 Å². The minimum absolute atomic E-state index is 0.136. The van der Waals surface area contributed by atoms with Crippen LogP contribution >= 0.6 is 0 Å². The highest BCUT2D eigenvalue weighted by Gasteiger charge is 2.18. The topological polar surface area (TPSA) is 109 Å². The molecule has 0 radical (unpaired) electrons. The third-order valence-electron chi connectivity index (χ3n) is 4.17. The average molecular weight is 354 g/mol. The second-order valence-electron chi connectivity index (χ2n) is 6.10. The predicted molar refractivity (Wildman–Crippen MR) is 96.9 cm³/mol. The van der Waals surface area contributed by atoms with Crippen LogP contribution in [0.15, 0.2) is 35.2 Å². The van der Waals surface area contributed by atoms with Crippen molar-refractivity contribution in [1.29, 1.82) is 0 Å². The second-order valence-corrected chi connectivity index (χ2v) is 6.10. The summed E-state index contributed by atoms with van der Waals surface area (Å²) in [6.07, 6.45) is 6.02. The summed E-state index contributed by atoms with van der Waals surface area (Å²) in [7, 11) is 0. The van der Waals surface area contributed by atoms with Crippen LogP contribution in [0.5, 0.6) is 0 Å². The number of aromatic nitrogens is 4. The van der Waals surface area contributed by atoms with Crippen LogP contribution in [-0.2, 0) is 6.42 Å². The van der Waals surface area contributed by atoms with Crippen LogP contribution in [0.1, 0.15) is 46.2 Å². The van der Waals surface area contributed by atoms with Crippen molar-refractivity contribution in [2.45, 2.75) is 33.2 Å². The first-order valence-corrected chi connectivity index (χ1v) is 8.45. The first-order chi connectivity index (χ1) is 12.5. The van der Waals surface area contributed by atoms with Gasteiger partial charge in [-0.2, -0.15) is 5.10 Å². The van der Waals surface area contributed by atoms with E-state index in [-0.39, 0.29) is 17.8 Å². The molecule has 1 amide bonds. The van der Waals surface area contributed by atoms with E-state index in [4.69, 9.17) is 4.42 Å². The number of furan rings is 1. The fourth-order valence-corrected chi connectivity index (χ4v) is 2.51. The van der Waals surface area contributed by atoms with Crippen LogP contribution in [0.4, 0.5) is 5.82 Å². The first kappa shape index (κ1) is 17.7. The van der Waals surface area contributed by atoms with Crippen LogP contribution in [0.2, 0.25) is 0 Å². The second kappa shape index (κ2) is 7.81. The van der Waals surface area contributed by atoms with Gasteiger partial charge in [-0.3, -0.25) is 9.89 Å². The number of amides is 1. The molecule has 0 fully saturated rings. The molecule has 8 nitrogen and oxygen atoms in total. The van der Waals surface area contributed by atoms with E-state index in [0.29, 0.717) is 18.1 Å². The summed E-state index contributed by atoms with van der Waals surface area (Å²) in [5.74, 6) is 1.14. The Bertz CT molecular complexity index is 858. The fourth-order valence-electron chi connectivity index (χ4n) is 2.51. The molecule has 26 heavy (non-hydrogen) atoms. The molecule has 0 aromatic carbocycles. The van der Waals surface area contributed by atoms with E-state index in [2.05, 4.69) is 30.8 Å². The van der Waals surface area contributed by atoms with Gasteiger partial charge in [0.05, 0.1) is 18.5 Å². The highest BCUT2D eigenvalue weighted by molar-refractivity contribution is 5.91. The summed E-state index contributed by atoms with van der Waals surface area (Å²) in [6.45, 7) is 6.33. The lowest BCUT2D eigenvalue weighted by Gasteiger charge is -2.14. The van der Waals surface area contributed by atoms with Crippen LogP contribution in [0.25, 0.3) is 0 Å². The van der Waals surface area contributed by atoms with Gasteiger partial charge in [-0.25, -0.2) is 9.97 Å². The average Bonchev–Trinajstić information content (AvgIpc) is 3.31. The zero-order valence-electron chi connectivity index (χ0n) is 15.0. The van der Waals surface area contributed by atoms with Crippen molar-refractivity contribution >= 4 is 11.7 Å². The van der Waals surface area contributed by atoms with E-state index in [9.17, 15) is 4.79 Å². The number of nitrogens with one attached hydrogen (secondary N) is 3. The number of carbonyl (C=O) groups is 1. The van der Waals surface area contributed by atoms with Crippen LogP contribution in [0, 0.1) is 13.8 Å². The molecule has 3 N–H and O–H groups in total. The van der Waals surface area contributed by atoms with Gasteiger partial charge in [0.2, 0.25) is 5.82 Å². The van der Waals surface area contributed by atoms with E-state index >= 15 is 0 Å². The Balaban J connectivity index is 1.69. The van der Waals surface area contributed by atoms with E-state index in [1.54, 1.807) is 18.5 Å². The standard InChI is InChI=1S/C18H22N6O2/c1-11-12(2)22-17(18(25)23-13(3)15-5-4-8-26-15)24-16(11)19-7-6-14-9-20-21-10-14/h4-5,8-10,13H,6-7H2,1-3H3,(H,20,21)(H,23,25)(H,19,22,24)/t13-/m1/s1. The Kier molecular flexibility index (Phi) is 5.31. The third kappa shape index (κ3) is 4.08.